The van der Waals surface area contributed by atoms with Crippen molar-refractivity contribution in [2.75, 3.05) is 32.2 Å². The van der Waals surface area contributed by atoms with E-state index in [-0.39, 0.29) is 16.7 Å². The van der Waals surface area contributed by atoms with Gasteiger partial charge in [0, 0.05) is 25.2 Å². The molecule has 0 radical (unpaired) electrons. The molecular weight excluding hydrogens is 482 g/mol. The molecule has 1 aliphatic rings. The van der Waals surface area contributed by atoms with Crippen molar-refractivity contribution in [1.29, 1.82) is 0 Å². The maximum atomic E-state index is 13.2. The van der Waals surface area contributed by atoms with Gasteiger partial charge in [-0.05, 0) is 60.2 Å². The van der Waals surface area contributed by atoms with E-state index in [2.05, 4.69) is 10.0 Å². The smallest absolute Gasteiger partial charge is 0.241 e. The molecule has 0 unspecified atom stereocenters. The molecule has 2 aromatic carbocycles. The van der Waals surface area contributed by atoms with Crippen molar-refractivity contribution >= 4 is 27.5 Å². The number of anilines is 1. The highest BCUT2D eigenvalue weighted by atomic mass is 32.2. The fraction of sp³-hybridized carbons (Fsp3) is 0.462. The van der Waals surface area contributed by atoms with Crippen molar-refractivity contribution in [2.24, 2.45) is 5.92 Å². The van der Waals surface area contributed by atoms with Crippen LogP contribution in [0.3, 0.4) is 0 Å². The molecule has 9 nitrogen and oxygen atoms in total. The number of benzene rings is 2. The van der Waals surface area contributed by atoms with E-state index in [4.69, 9.17) is 9.47 Å². The first-order valence-corrected chi connectivity index (χ1v) is 13.5. The number of ether oxygens (including phenoxy) is 2. The molecule has 0 aliphatic carbocycles. The minimum Gasteiger partial charge on any atom is -0.493 e. The van der Waals surface area contributed by atoms with Gasteiger partial charge < -0.3 is 19.7 Å². The zero-order valence-corrected chi connectivity index (χ0v) is 22.3. The fourth-order valence-corrected chi connectivity index (χ4v) is 5.59. The number of amides is 2. The maximum absolute atomic E-state index is 13.2. The molecule has 0 spiro atoms. The zero-order chi connectivity index (χ0) is 26.5. The molecular formula is C26H35N3O6S. The number of nitrogens with zero attached hydrogens (tertiary/aromatic N) is 1. The van der Waals surface area contributed by atoms with Crippen molar-refractivity contribution < 1.29 is 27.5 Å². The Morgan fingerprint density at radius 1 is 1.06 bits per heavy atom. The molecule has 1 aliphatic heterocycles. The molecule has 2 N–H and O–H groups in total. The van der Waals surface area contributed by atoms with Crippen LogP contribution in [0.4, 0.5) is 5.69 Å². The maximum Gasteiger partial charge on any atom is 0.241 e. The van der Waals surface area contributed by atoms with E-state index in [1.165, 1.54) is 6.07 Å². The molecule has 0 saturated heterocycles. The van der Waals surface area contributed by atoms with Crippen LogP contribution in [0.1, 0.15) is 38.3 Å². The standard InChI is InChI=1S/C26H35N3O6S/c1-6-24(30)29-14-12-19-16-20(8-9-21(19)29)36(32,33)28-25(17(2)3)26(31)27-13-11-18-7-10-22(34-4)23(15-18)35-5/h7-10,15-17,25,28H,6,11-14H2,1-5H3,(H,27,31)/t25-/m1/s1. The molecule has 10 heteroatoms. The third-order valence-electron chi connectivity index (χ3n) is 6.25. The number of hydrogen-bond donors (Lipinski definition) is 2. The summed E-state index contributed by atoms with van der Waals surface area (Å²) in [6.07, 6.45) is 1.52. The summed E-state index contributed by atoms with van der Waals surface area (Å²) in [5.74, 6) is 0.566. The Morgan fingerprint density at radius 3 is 2.42 bits per heavy atom. The third-order valence-corrected chi connectivity index (χ3v) is 7.69. The van der Waals surface area contributed by atoms with Crippen molar-refractivity contribution in [3.63, 3.8) is 0 Å². The number of fused-ring (bicyclic) bond motifs is 1. The second-order valence-corrected chi connectivity index (χ2v) is 10.7. The first-order chi connectivity index (χ1) is 17.1. The molecule has 0 fully saturated rings. The summed E-state index contributed by atoms with van der Waals surface area (Å²) in [6, 6.07) is 9.33. The molecule has 2 aromatic rings. The van der Waals surface area contributed by atoms with Gasteiger partial charge in [-0.2, -0.15) is 4.72 Å². The van der Waals surface area contributed by atoms with Crippen LogP contribution in [0.5, 0.6) is 11.5 Å². The summed E-state index contributed by atoms with van der Waals surface area (Å²) < 4.78 is 39.4. The van der Waals surface area contributed by atoms with Crippen LogP contribution >= 0.6 is 0 Å². The van der Waals surface area contributed by atoms with E-state index in [0.717, 1.165) is 16.8 Å². The van der Waals surface area contributed by atoms with Crippen molar-refractivity contribution in [1.82, 2.24) is 10.0 Å². The quantitative estimate of drug-likeness (QED) is 0.474. The number of methoxy groups -OCH3 is 2. The normalized spacial score (nSPS) is 13.9. The summed E-state index contributed by atoms with van der Waals surface area (Å²) in [4.78, 5) is 26.8. The van der Waals surface area contributed by atoms with E-state index in [9.17, 15) is 18.0 Å². The summed E-state index contributed by atoms with van der Waals surface area (Å²) in [6.45, 7) is 6.25. The SMILES string of the molecule is CCC(=O)N1CCc2cc(S(=O)(=O)N[C@@H](C(=O)NCCc3ccc(OC)c(OC)c3)C(C)C)ccc21. The van der Waals surface area contributed by atoms with Crippen LogP contribution in [-0.2, 0) is 32.5 Å². The van der Waals surface area contributed by atoms with Crippen LogP contribution in [0.15, 0.2) is 41.3 Å². The molecule has 3 rings (SSSR count). The highest BCUT2D eigenvalue weighted by Crippen LogP contribution is 2.31. The van der Waals surface area contributed by atoms with E-state index in [1.807, 2.05) is 12.1 Å². The van der Waals surface area contributed by atoms with E-state index < -0.39 is 22.0 Å². The second-order valence-electron chi connectivity index (χ2n) is 9.01. The van der Waals surface area contributed by atoms with E-state index in [1.54, 1.807) is 58.1 Å². The average Bonchev–Trinajstić information content (AvgIpc) is 3.30. The predicted molar refractivity (Wildman–Crippen MR) is 138 cm³/mol. The monoisotopic (exact) mass is 517 g/mol. The fourth-order valence-electron chi connectivity index (χ4n) is 4.20. The summed E-state index contributed by atoms with van der Waals surface area (Å²) >= 11 is 0. The van der Waals surface area contributed by atoms with Crippen LogP contribution in [0.2, 0.25) is 0 Å². The van der Waals surface area contributed by atoms with Crippen molar-refractivity contribution in [2.45, 2.75) is 51.0 Å². The van der Waals surface area contributed by atoms with Gasteiger partial charge in [0.15, 0.2) is 11.5 Å². The van der Waals surface area contributed by atoms with Gasteiger partial charge in [-0.3, -0.25) is 9.59 Å². The summed E-state index contributed by atoms with van der Waals surface area (Å²) in [5, 5.41) is 2.84. The van der Waals surface area contributed by atoms with Gasteiger partial charge in [0.1, 0.15) is 6.04 Å². The zero-order valence-electron chi connectivity index (χ0n) is 21.5. The average molecular weight is 518 g/mol. The Kier molecular flexibility index (Phi) is 8.97. The first-order valence-electron chi connectivity index (χ1n) is 12.1. The highest BCUT2D eigenvalue weighted by molar-refractivity contribution is 7.89. The highest BCUT2D eigenvalue weighted by Gasteiger charge is 2.30. The van der Waals surface area contributed by atoms with Crippen LogP contribution in [0, 0.1) is 5.92 Å². The molecule has 2 amide bonds. The summed E-state index contributed by atoms with van der Waals surface area (Å²) in [5.41, 5.74) is 2.50. The Balaban J connectivity index is 1.66. The Labute approximate surface area is 213 Å². The van der Waals surface area contributed by atoms with E-state index in [0.29, 0.717) is 43.9 Å². The third kappa shape index (κ3) is 6.17. The topological polar surface area (TPSA) is 114 Å². The number of rotatable bonds is 11. The van der Waals surface area contributed by atoms with Gasteiger partial charge in [0.05, 0.1) is 19.1 Å². The number of hydrogen-bond acceptors (Lipinski definition) is 6. The number of nitrogens with one attached hydrogen (secondary N) is 2. The molecule has 0 saturated carbocycles. The molecule has 36 heavy (non-hydrogen) atoms. The van der Waals surface area contributed by atoms with Gasteiger partial charge in [0.25, 0.3) is 0 Å². The Hall–Kier alpha value is -3.11. The Morgan fingerprint density at radius 2 is 1.78 bits per heavy atom. The molecule has 0 bridgehead atoms. The Bertz CT molecular complexity index is 1210. The largest absolute Gasteiger partial charge is 0.493 e. The van der Waals surface area contributed by atoms with Crippen LogP contribution in [0.25, 0.3) is 0 Å². The first kappa shape index (κ1) is 27.5. The number of carbonyl (C=O) groups is 2. The van der Waals surface area contributed by atoms with Crippen molar-refractivity contribution in [3.8, 4) is 11.5 Å². The minimum atomic E-state index is -3.95. The van der Waals surface area contributed by atoms with Gasteiger partial charge in [0.2, 0.25) is 21.8 Å². The van der Waals surface area contributed by atoms with Gasteiger partial charge in [-0.1, -0.05) is 26.8 Å². The second kappa shape index (κ2) is 11.7. The van der Waals surface area contributed by atoms with Crippen molar-refractivity contribution in [3.05, 3.63) is 47.5 Å². The van der Waals surface area contributed by atoms with Gasteiger partial charge >= 0.3 is 0 Å². The lowest BCUT2D eigenvalue weighted by Crippen LogP contribution is -2.49. The predicted octanol–water partition coefficient (Wildman–Crippen LogP) is 2.66. The molecule has 1 heterocycles. The molecule has 196 valence electrons. The number of carbonyl (C=O) groups excluding carboxylic acids is 2. The molecule has 1 atom stereocenters. The minimum absolute atomic E-state index is 0.00658. The van der Waals surface area contributed by atoms with Crippen LogP contribution in [-0.4, -0.2) is 53.6 Å². The lowest BCUT2D eigenvalue weighted by Gasteiger charge is -2.22. The summed E-state index contributed by atoms with van der Waals surface area (Å²) in [7, 11) is -0.828. The molecule has 0 aromatic heterocycles. The number of sulfonamides is 1. The van der Waals surface area contributed by atoms with E-state index >= 15 is 0 Å². The van der Waals surface area contributed by atoms with Gasteiger partial charge in [-0.15, -0.1) is 0 Å². The lowest BCUT2D eigenvalue weighted by molar-refractivity contribution is -0.123. The van der Waals surface area contributed by atoms with Gasteiger partial charge in [-0.25, -0.2) is 8.42 Å². The lowest BCUT2D eigenvalue weighted by atomic mass is 10.0. The van der Waals surface area contributed by atoms with Crippen LogP contribution < -0.4 is 24.4 Å².